The van der Waals surface area contributed by atoms with Crippen LogP contribution in [0, 0.1) is 0 Å². The molecule has 36 heavy (non-hydrogen) atoms. The zero-order valence-electron chi connectivity index (χ0n) is 19.1. The summed E-state index contributed by atoms with van der Waals surface area (Å²) in [4.78, 5) is 55.7. The van der Waals surface area contributed by atoms with Gasteiger partial charge in [0.25, 0.3) is 11.8 Å². The molecule has 3 heterocycles. The van der Waals surface area contributed by atoms with Gasteiger partial charge in [-0.1, -0.05) is 24.3 Å². The minimum atomic E-state index is -0.554. The lowest BCUT2D eigenvalue weighted by molar-refractivity contribution is 0.0941. The second-order valence-corrected chi connectivity index (χ2v) is 8.09. The van der Waals surface area contributed by atoms with E-state index in [2.05, 4.69) is 25.7 Å². The molecule has 11 heteroatoms. The summed E-state index contributed by atoms with van der Waals surface area (Å²) < 4.78 is 6.33. The molecule has 11 nitrogen and oxygen atoms in total. The number of rotatable bonds is 7. The van der Waals surface area contributed by atoms with Gasteiger partial charge >= 0.3 is 5.76 Å². The van der Waals surface area contributed by atoms with Crippen molar-refractivity contribution in [3.05, 3.63) is 99.4 Å². The van der Waals surface area contributed by atoms with Gasteiger partial charge in [0.2, 0.25) is 0 Å². The Hall–Kier alpha value is -5.06. The van der Waals surface area contributed by atoms with E-state index < -0.39 is 17.6 Å². The number of aromatic nitrogens is 4. The summed E-state index contributed by atoms with van der Waals surface area (Å²) in [5.74, 6) is -1.56. The number of carbonyl (C=O) groups excluding carboxylic acids is 3. The van der Waals surface area contributed by atoms with Crippen molar-refractivity contribution < 1.29 is 18.8 Å². The van der Waals surface area contributed by atoms with E-state index in [1.165, 1.54) is 23.7 Å². The third-order valence-electron chi connectivity index (χ3n) is 5.55. The van der Waals surface area contributed by atoms with Crippen LogP contribution in [-0.4, -0.2) is 37.2 Å². The van der Waals surface area contributed by atoms with Gasteiger partial charge in [-0.05, 0) is 36.2 Å². The van der Waals surface area contributed by atoms with Crippen molar-refractivity contribution in [3.63, 3.8) is 0 Å². The maximum absolute atomic E-state index is 13.0. The van der Waals surface area contributed by atoms with Crippen molar-refractivity contribution in [2.75, 3.05) is 0 Å². The Morgan fingerprint density at radius 1 is 0.972 bits per heavy atom. The molecule has 3 aromatic heterocycles. The molecule has 0 aliphatic rings. The van der Waals surface area contributed by atoms with Crippen molar-refractivity contribution in [3.8, 4) is 0 Å². The molecule has 0 radical (unpaired) electrons. The van der Waals surface area contributed by atoms with Crippen molar-refractivity contribution >= 4 is 34.3 Å². The lowest BCUT2D eigenvalue weighted by Gasteiger charge is -2.10. The minimum absolute atomic E-state index is 0.0459. The Morgan fingerprint density at radius 3 is 2.56 bits per heavy atom. The van der Waals surface area contributed by atoms with Crippen LogP contribution in [0.3, 0.4) is 0 Å². The van der Waals surface area contributed by atoms with E-state index in [4.69, 9.17) is 4.42 Å². The number of Topliss-reactive ketones (excluding diaryl/α,β-unsaturated/α-hetero) is 1. The fourth-order valence-electron chi connectivity index (χ4n) is 3.75. The van der Waals surface area contributed by atoms with Crippen LogP contribution >= 0.6 is 0 Å². The second kappa shape index (κ2) is 9.29. The first-order valence-corrected chi connectivity index (χ1v) is 11.0. The van der Waals surface area contributed by atoms with E-state index >= 15 is 0 Å². The maximum Gasteiger partial charge on any atom is 0.417 e. The Morgan fingerprint density at radius 2 is 1.75 bits per heavy atom. The molecular formula is C25H20N6O5. The van der Waals surface area contributed by atoms with Gasteiger partial charge in [0, 0.05) is 30.8 Å². The van der Waals surface area contributed by atoms with Crippen LogP contribution < -0.4 is 16.4 Å². The van der Waals surface area contributed by atoms with E-state index in [0.717, 1.165) is 11.1 Å². The van der Waals surface area contributed by atoms with E-state index in [9.17, 15) is 19.2 Å². The molecule has 0 saturated carbocycles. The quantitative estimate of drug-likeness (QED) is 0.300. The number of nitrogens with zero attached hydrogens (tertiary/aromatic N) is 3. The summed E-state index contributed by atoms with van der Waals surface area (Å²) in [5, 5.41) is 9.70. The summed E-state index contributed by atoms with van der Waals surface area (Å²) in [6.07, 6.45) is 1.48. The van der Waals surface area contributed by atoms with Crippen molar-refractivity contribution in [2.24, 2.45) is 0 Å². The fraction of sp³-hybridized carbons (Fsp3) is 0.120. The van der Waals surface area contributed by atoms with Gasteiger partial charge in [-0.3, -0.25) is 19.4 Å². The third kappa shape index (κ3) is 4.62. The van der Waals surface area contributed by atoms with Crippen LogP contribution in [0.2, 0.25) is 0 Å². The molecular weight excluding hydrogens is 464 g/mol. The van der Waals surface area contributed by atoms with Crippen LogP contribution in [-0.2, 0) is 13.1 Å². The molecule has 0 spiro atoms. The number of ketones is 1. The van der Waals surface area contributed by atoms with Crippen molar-refractivity contribution in [1.29, 1.82) is 0 Å². The molecule has 0 atom stereocenters. The summed E-state index contributed by atoms with van der Waals surface area (Å²) >= 11 is 0. The van der Waals surface area contributed by atoms with Gasteiger partial charge in [0.1, 0.15) is 11.4 Å². The molecule has 0 aliphatic heterocycles. The highest BCUT2D eigenvalue weighted by atomic mass is 16.4. The first-order valence-electron chi connectivity index (χ1n) is 11.0. The number of oxazole rings is 1. The zero-order valence-corrected chi connectivity index (χ0v) is 19.1. The second-order valence-electron chi connectivity index (χ2n) is 8.09. The van der Waals surface area contributed by atoms with Gasteiger partial charge in [-0.2, -0.15) is 5.10 Å². The summed E-state index contributed by atoms with van der Waals surface area (Å²) in [6, 6.07) is 15.0. The number of aromatic amines is 1. The number of benzene rings is 2. The predicted octanol–water partition coefficient (Wildman–Crippen LogP) is 2.23. The Balaban J connectivity index is 1.33. The molecule has 5 aromatic rings. The first-order chi connectivity index (χ1) is 17.4. The largest absolute Gasteiger partial charge is 0.417 e. The monoisotopic (exact) mass is 484 g/mol. The normalized spacial score (nSPS) is 11.0. The Bertz CT molecular complexity index is 1700. The number of nitrogens with one attached hydrogen (secondary N) is 3. The number of fused-ring (bicyclic) bond motifs is 2. The van der Waals surface area contributed by atoms with Crippen molar-refractivity contribution in [1.82, 2.24) is 30.2 Å². The standard InChI is InChI=1S/C25H20N6O5/c1-14(32)17-4-2-3-15(9-17)12-27-24(34)20-11-19(29-22-7-8-28-31(20)22)23(33)26-13-16-5-6-21-18(10-16)30-25(35)36-21/h2-11H,12-13H2,1H3,(H,26,33)(H,27,34)(H,30,35). The highest BCUT2D eigenvalue weighted by Gasteiger charge is 2.18. The van der Waals surface area contributed by atoms with Gasteiger partial charge < -0.3 is 15.1 Å². The number of hydrogen-bond donors (Lipinski definition) is 3. The third-order valence-corrected chi connectivity index (χ3v) is 5.55. The first kappa shape index (κ1) is 22.7. The van der Waals surface area contributed by atoms with Gasteiger partial charge in [-0.15, -0.1) is 0 Å². The molecule has 180 valence electrons. The number of amides is 2. The minimum Gasteiger partial charge on any atom is -0.408 e. The van der Waals surface area contributed by atoms with Crippen LogP contribution in [0.4, 0.5) is 0 Å². The number of H-pyrrole nitrogens is 1. The van der Waals surface area contributed by atoms with E-state index in [0.29, 0.717) is 22.3 Å². The molecule has 2 amide bonds. The molecule has 0 fully saturated rings. The molecule has 0 aliphatic carbocycles. The van der Waals surface area contributed by atoms with E-state index in [-0.39, 0.29) is 30.3 Å². The zero-order chi connectivity index (χ0) is 25.2. The van der Waals surface area contributed by atoms with Crippen LogP contribution in [0.15, 0.2) is 70.0 Å². The topological polar surface area (TPSA) is 151 Å². The van der Waals surface area contributed by atoms with Gasteiger partial charge in [-0.25, -0.2) is 14.3 Å². The summed E-state index contributed by atoms with van der Waals surface area (Å²) in [6.45, 7) is 1.83. The average Bonchev–Trinajstić information content (AvgIpc) is 3.50. The summed E-state index contributed by atoms with van der Waals surface area (Å²) in [7, 11) is 0. The van der Waals surface area contributed by atoms with Gasteiger partial charge in [0.15, 0.2) is 17.0 Å². The lowest BCUT2D eigenvalue weighted by atomic mass is 10.1. The average molecular weight is 484 g/mol. The highest BCUT2D eigenvalue weighted by Crippen LogP contribution is 2.13. The van der Waals surface area contributed by atoms with E-state index in [1.807, 2.05) is 0 Å². The van der Waals surface area contributed by atoms with Crippen LogP contribution in [0.25, 0.3) is 16.7 Å². The smallest absolute Gasteiger partial charge is 0.408 e. The molecule has 3 N–H and O–H groups in total. The molecule has 0 bridgehead atoms. The van der Waals surface area contributed by atoms with Crippen molar-refractivity contribution in [2.45, 2.75) is 20.0 Å². The predicted molar refractivity (Wildman–Crippen MR) is 129 cm³/mol. The number of carbonyl (C=O) groups is 3. The van der Waals surface area contributed by atoms with E-state index in [1.54, 1.807) is 48.5 Å². The number of hydrogen-bond acceptors (Lipinski definition) is 7. The SMILES string of the molecule is CC(=O)c1cccc(CNC(=O)c2cc(C(=O)NCc3ccc4oc(=O)[nH]c4c3)nc3ccnn23)c1. The molecule has 0 saturated heterocycles. The van der Waals surface area contributed by atoms with Crippen LogP contribution in [0.5, 0.6) is 0 Å². The van der Waals surface area contributed by atoms with Gasteiger partial charge in [0.05, 0.1) is 11.7 Å². The highest BCUT2D eigenvalue weighted by molar-refractivity contribution is 5.98. The Kier molecular flexibility index (Phi) is 5.87. The molecule has 0 unspecified atom stereocenters. The lowest BCUT2D eigenvalue weighted by Crippen LogP contribution is -2.28. The molecule has 5 rings (SSSR count). The summed E-state index contributed by atoms with van der Waals surface area (Å²) in [5.41, 5.74) is 3.52. The fourth-order valence-corrected chi connectivity index (χ4v) is 3.75. The maximum atomic E-state index is 13.0. The van der Waals surface area contributed by atoms with Crippen LogP contribution in [0.1, 0.15) is 49.4 Å². The molecule has 2 aromatic carbocycles. The Labute approximate surface area is 203 Å².